The van der Waals surface area contributed by atoms with Crippen molar-refractivity contribution in [1.29, 1.82) is 0 Å². The first-order valence-electron chi connectivity index (χ1n) is 5.74. The first-order chi connectivity index (χ1) is 8.25. The third-order valence-electron chi connectivity index (χ3n) is 2.53. The summed E-state index contributed by atoms with van der Waals surface area (Å²) in [5.74, 6) is -0.0459. The molecular formula is C14H19BrN2O. The molecule has 1 aromatic carbocycles. The van der Waals surface area contributed by atoms with Crippen molar-refractivity contribution in [2.75, 3.05) is 12.3 Å². The van der Waals surface area contributed by atoms with Gasteiger partial charge in [0, 0.05) is 27.8 Å². The van der Waals surface area contributed by atoms with Crippen LogP contribution in [0.3, 0.4) is 0 Å². The van der Waals surface area contributed by atoms with E-state index in [1.54, 1.807) is 29.2 Å². The van der Waals surface area contributed by atoms with Gasteiger partial charge in [-0.2, -0.15) is 0 Å². The molecule has 1 amide bonds. The lowest BCUT2D eigenvalue weighted by Crippen LogP contribution is -2.45. The Kier molecular flexibility index (Phi) is 4.57. The highest BCUT2D eigenvalue weighted by Crippen LogP contribution is 2.22. The van der Waals surface area contributed by atoms with Gasteiger partial charge in [-0.3, -0.25) is 4.79 Å². The van der Waals surface area contributed by atoms with Gasteiger partial charge in [-0.05, 0) is 39.0 Å². The summed E-state index contributed by atoms with van der Waals surface area (Å²) < 4.78 is 0.804. The topological polar surface area (TPSA) is 46.3 Å². The van der Waals surface area contributed by atoms with Gasteiger partial charge in [0.25, 0.3) is 5.91 Å². The smallest absolute Gasteiger partial charge is 0.254 e. The van der Waals surface area contributed by atoms with Crippen LogP contribution in [-0.2, 0) is 0 Å². The van der Waals surface area contributed by atoms with Crippen molar-refractivity contribution in [2.45, 2.75) is 26.3 Å². The molecule has 18 heavy (non-hydrogen) atoms. The monoisotopic (exact) mass is 310 g/mol. The third-order valence-corrected chi connectivity index (χ3v) is 2.99. The van der Waals surface area contributed by atoms with Crippen LogP contribution in [-0.4, -0.2) is 22.9 Å². The molecule has 0 fully saturated rings. The third kappa shape index (κ3) is 3.60. The molecule has 0 aliphatic carbocycles. The van der Waals surface area contributed by atoms with Crippen molar-refractivity contribution in [2.24, 2.45) is 0 Å². The lowest BCUT2D eigenvalue weighted by Gasteiger charge is -2.35. The van der Waals surface area contributed by atoms with Crippen LogP contribution in [0.25, 0.3) is 0 Å². The SMILES string of the molecule is C=CCN(C(=O)c1cc(N)cc(Br)c1)C(C)(C)C. The maximum Gasteiger partial charge on any atom is 0.254 e. The molecule has 0 heterocycles. The van der Waals surface area contributed by atoms with Gasteiger partial charge < -0.3 is 10.6 Å². The predicted octanol–water partition coefficient (Wildman–Crippen LogP) is 3.46. The maximum atomic E-state index is 12.5. The van der Waals surface area contributed by atoms with E-state index in [1.807, 2.05) is 20.8 Å². The Morgan fingerprint density at radius 1 is 1.44 bits per heavy atom. The summed E-state index contributed by atoms with van der Waals surface area (Å²) in [5, 5.41) is 0. The predicted molar refractivity (Wildman–Crippen MR) is 79.5 cm³/mol. The fourth-order valence-electron chi connectivity index (χ4n) is 1.68. The van der Waals surface area contributed by atoms with E-state index in [4.69, 9.17) is 5.73 Å². The molecule has 1 aromatic rings. The first kappa shape index (κ1) is 14.8. The molecule has 0 atom stereocenters. The van der Waals surface area contributed by atoms with Crippen LogP contribution in [0.4, 0.5) is 5.69 Å². The molecule has 0 spiro atoms. The molecular weight excluding hydrogens is 292 g/mol. The van der Waals surface area contributed by atoms with E-state index in [2.05, 4.69) is 22.5 Å². The van der Waals surface area contributed by atoms with Gasteiger partial charge >= 0.3 is 0 Å². The minimum absolute atomic E-state index is 0.0459. The average molecular weight is 311 g/mol. The Morgan fingerprint density at radius 3 is 2.50 bits per heavy atom. The van der Waals surface area contributed by atoms with E-state index in [9.17, 15) is 4.79 Å². The van der Waals surface area contributed by atoms with E-state index in [0.29, 0.717) is 17.8 Å². The summed E-state index contributed by atoms with van der Waals surface area (Å²) in [7, 11) is 0. The second-order valence-electron chi connectivity index (χ2n) is 5.15. The normalized spacial score (nSPS) is 11.1. The Morgan fingerprint density at radius 2 is 2.06 bits per heavy atom. The molecule has 0 saturated carbocycles. The first-order valence-corrected chi connectivity index (χ1v) is 6.54. The van der Waals surface area contributed by atoms with Crippen LogP contribution >= 0.6 is 15.9 Å². The molecule has 98 valence electrons. The lowest BCUT2D eigenvalue weighted by molar-refractivity contribution is 0.0616. The quantitative estimate of drug-likeness (QED) is 0.686. The summed E-state index contributed by atoms with van der Waals surface area (Å²) >= 11 is 3.35. The number of nitrogens with zero attached hydrogens (tertiary/aromatic N) is 1. The fourth-order valence-corrected chi connectivity index (χ4v) is 2.19. The number of carbonyl (C=O) groups is 1. The summed E-state index contributed by atoms with van der Waals surface area (Å²) in [4.78, 5) is 14.3. The van der Waals surface area contributed by atoms with Crippen molar-refractivity contribution >= 4 is 27.5 Å². The fraction of sp³-hybridized carbons (Fsp3) is 0.357. The average Bonchev–Trinajstić information content (AvgIpc) is 2.22. The van der Waals surface area contributed by atoms with E-state index < -0.39 is 0 Å². The highest BCUT2D eigenvalue weighted by Gasteiger charge is 2.26. The Bertz CT molecular complexity index is 443. The van der Waals surface area contributed by atoms with Gasteiger partial charge in [0.05, 0.1) is 0 Å². The minimum Gasteiger partial charge on any atom is -0.399 e. The number of benzene rings is 1. The number of rotatable bonds is 3. The van der Waals surface area contributed by atoms with Gasteiger partial charge in [0.15, 0.2) is 0 Å². The molecule has 0 aromatic heterocycles. The zero-order chi connectivity index (χ0) is 13.9. The molecule has 0 radical (unpaired) electrons. The number of carbonyl (C=O) groups excluding carboxylic acids is 1. The van der Waals surface area contributed by atoms with Crippen LogP contribution in [0.1, 0.15) is 31.1 Å². The molecule has 3 nitrogen and oxygen atoms in total. The molecule has 0 aliphatic rings. The number of halogens is 1. The number of hydrogen-bond donors (Lipinski definition) is 1. The van der Waals surface area contributed by atoms with Gasteiger partial charge in [0.2, 0.25) is 0 Å². The minimum atomic E-state index is -0.262. The zero-order valence-electron chi connectivity index (χ0n) is 11.0. The maximum absolute atomic E-state index is 12.5. The van der Waals surface area contributed by atoms with E-state index >= 15 is 0 Å². The summed E-state index contributed by atoms with van der Waals surface area (Å²) in [5.41, 5.74) is 6.65. The molecule has 0 saturated heterocycles. The highest BCUT2D eigenvalue weighted by molar-refractivity contribution is 9.10. The van der Waals surface area contributed by atoms with Crippen molar-refractivity contribution in [1.82, 2.24) is 4.90 Å². The lowest BCUT2D eigenvalue weighted by atomic mass is 10.0. The van der Waals surface area contributed by atoms with Crippen molar-refractivity contribution in [3.05, 3.63) is 40.9 Å². The van der Waals surface area contributed by atoms with Crippen molar-refractivity contribution in [3.8, 4) is 0 Å². The summed E-state index contributed by atoms with van der Waals surface area (Å²) in [6, 6.07) is 5.24. The Hall–Kier alpha value is -1.29. The van der Waals surface area contributed by atoms with Crippen LogP contribution in [0, 0.1) is 0 Å². The van der Waals surface area contributed by atoms with E-state index in [1.165, 1.54) is 0 Å². The standard InChI is InChI=1S/C14H19BrN2O/c1-5-6-17(14(2,3)4)13(18)10-7-11(15)9-12(16)8-10/h5,7-9H,1,6,16H2,2-4H3. The van der Waals surface area contributed by atoms with Gasteiger partial charge in [0.1, 0.15) is 0 Å². The molecule has 0 aliphatic heterocycles. The summed E-state index contributed by atoms with van der Waals surface area (Å²) in [6.45, 7) is 10.2. The number of nitrogens with two attached hydrogens (primary N) is 1. The number of hydrogen-bond acceptors (Lipinski definition) is 2. The van der Waals surface area contributed by atoms with Crippen LogP contribution in [0.15, 0.2) is 35.3 Å². The number of nitrogen functional groups attached to an aromatic ring is 1. The second kappa shape index (κ2) is 5.57. The highest BCUT2D eigenvalue weighted by atomic mass is 79.9. The van der Waals surface area contributed by atoms with Crippen LogP contribution in [0.5, 0.6) is 0 Å². The Balaban J connectivity index is 3.13. The van der Waals surface area contributed by atoms with Gasteiger partial charge in [-0.1, -0.05) is 22.0 Å². The zero-order valence-corrected chi connectivity index (χ0v) is 12.6. The van der Waals surface area contributed by atoms with Crippen LogP contribution in [0.2, 0.25) is 0 Å². The summed E-state index contributed by atoms with van der Waals surface area (Å²) in [6.07, 6.45) is 1.73. The Labute approximate surface area is 117 Å². The second-order valence-corrected chi connectivity index (χ2v) is 6.06. The van der Waals surface area contributed by atoms with Crippen LogP contribution < -0.4 is 5.73 Å². The van der Waals surface area contributed by atoms with Gasteiger partial charge in [-0.25, -0.2) is 0 Å². The van der Waals surface area contributed by atoms with Crippen molar-refractivity contribution in [3.63, 3.8) is 0 Å². The molecule has 0 unspecified atom stereocenters. The van der Waals surface area contributed by atoms with Crippen molar-refractivity contribution < 1.29 is 4.79 Å². The van der Waals surface area contributed by atoms with E-state index in [0.717, 1.165) is 4.47 Å². The molecule has 2 N–H and O–H groups in total. The van der Waals surface area contributed by atoms with Gasteiger partial charge in [-0.15, -0.1) is 6.58 Å². The molecule has 4 heteroatoms. The molecule has 0 bridgehead atoms. The number of amides is 1. The number of anilines is 1. The van der Waals surface area contributed by atoms with E-state index in [-0.39, 0.29) is 11.4 Å². The molecule has 1 rings (SSSR count). The largest absolute Gasteiger partial charge is 0.399 e.